The van der Waals surface area contributed by atoms with E-state index in [1.165, 1.54) is 31.3 Å². The van der Waals surface area contributed by atoms with Crippen molar-refractivity contribution in [1.29, 1.82) is 0 Å². The molecule has 6 atom stereocenters. The molecule has 25 heavy (non-hydrogen) atoms. The molecule has 0 radical (unpaired) electrons. The maximum Gasteiger partial charge on any atom is 0.156 e. The third kappa shape index (κ3) is 2.15. The van der Waals surface area contributed by atoms with Crippen LogP contribution < -0.4 is 0 Å². The highest BCUT2D eigenvalue weighted by Gasteiger charge is 2.62. The van der Waals surface area contributed by atoms with Crippen molar-refractivity contribution < 1.29 is 9.59 Å². The monoisotopic (exact) mass is 342 g/mol. The Morgan fingerprint density at radius 2 is 1.76 bits per heavy atom. The Balaban J connectivity index is 1.73. The van der Waals surface area contributed by atoms with E-state index >= 15 is 0 Å². The van der Waals surface area contributed by atoms with Crippen molar-refractivity contribution in [2.24, 2.45) is 39.9 Å². The Labute approximate surface area is 152 Å². The minimum absolute atomic E-state index is 0.0455. The van der Waals surface area contributed by atoms with Gasteiger partial charge in [-0.2, -0.15) is 0 Å². The molecule has 2 nitrogen and oxygen atoms in total. The summed E-state index contributed by atoms with van der Waals surface area (Å²) < 4.78 is 0. The van der Waals surface area contributed by atoms with Gasteiger partial charge in [-0.05, 0) is 85.5 Å². The highest BCUT2D eigenvalue weighted by atomic mass is 16.1. The molecule has 0 aromatic heterocycles. The van der Waals surface area contributed by atoms with Gasteiger partial charge in [0.25, 0.3) is 0 Å². The molecule has 0 saturated heterocycles. The van der Waals surface area contributed by atoms with Gasteiger partial charge >= 0.3 is 0 Å². The summed E-state index contributed by atoms with van der Waals surface area (Å²) in [5, 5.41) is 0. The van der Waals surface area contributed by atoms with Gasteiger partial charge in [-0.3, -0.25) is 9.59 Å². The first-order valence-corrected chi connectivity index (χ1v) is 10.4. The van der Waals surface area contributed by atoms with E-state index in [0.29, 0.717) is 29.8 Å². The largest absolute Gasteiger partial charge is 0.300 e. The molecule has 2 heteroatoms. The zero-order valence-electron chi connectivity index (χ0n) is 16.7. The van der Waals surface area contributed by atoms with Gasteiger partial charge in [0, 0.05) is 12.3 Å². The van der Waals surface area contributed by atoms with Crippen LogP contribution in [0.25, 0.3) is 0 Å². The minimum atomic E-state index is 0.0455. The van der Waals surface area contributed by atoms with Crippen LogP contribution >= 0.6 is 0 Å². The second kappa shape index (κ2) is 5.30. The normalized spacial score (nSPS) is 48.2. The second-order valence-electron chi connectivity index (χ2n) is 10.6. The molecule has 3 fully saturated rings. The number of hydrogen-bond acceptors (Lipinski definition) is 2. The first kappa shape index (κ1) is 17.5. The predicted molar refractivity (Wildman–Crippen MR) is 100 cm³/mol. The summed E-state index contributed by atoms with van der Waals surface area (Å²) in [5.41, 5.74) is 1.85. The zero-order chi connectivity index (χ0) is 18.2. The Kier molecular flexibility index (Phi) is 3.71. The summed E-state index contributed by atoms with van der Waals surface area (Å²) in [6.45, 7) is 11.3. The molecule has 0 aliphatic heterocycles. The lowest BCUT2D eigenvalue weighted by molar-refractivity contribution is -0.134. The standard InChI is InChI=1S/C23H34O2/c1-14(24)18-8-9-19-17-7-6-15-12-16(25)13-21(2,3)23(15,5)20(17)10-11-22(18,19)4/h12,17-20H,6-11,13H2,1-5H3/t17-,18+,19-,20-,22+,23+/m0/s1. The van der Waals surface area contributed by atoms with Gasteiger partial charge in [-0.1, -0.05) is 33.3 Å². The molecule has 3 saturated carbocycles. The number of Topliss-reactive ketones (excluding diaryl/α,β-unsaturated/α-hetero) is 1. The lowest BCUT2D eigenvalue weighted by Crippen LogP contribution is -2.56. The number of hydrogen-bond donors (Lipinski definition) is 0. The summed E-state index contributed by atoms with van der Waals surface area (Å²) >= 11 is 0. The molecule has 0 spiro atoms. The van der Waals surface area contributed by atoms with Gasteiger partial charge in [0.05, 0.1) is 0 Å². The van der Waals surface area contributed by atoms with E-state index in [2.05, 4.69) is 27.7 Å². The zero-order valence-corrected chi connectivity index (χ0v) is 16.7. The van der Waals surface area contributed by atoms with Gasteiger partial charge < -0.3 is 0 Å². The van der Waals surface area contributed by atoms with Crippen LogP contribution in [0, 0.1) is 39.9 Å². The third-order valence-electron chi connectivity index (χ3n) is 9.44. The highest BCUT2D eigenvalue weighted by molar-refractivity contribution is 5.92. The summed E-state index contributed by atoms with van der Waals surface area (Å²) in [5.74, 6) is 3.14. The van der Waals surface area contributed by atoms with Crippen LogP contribution in [0.4, 0.5) is 0 Å². The molecule has 4 aliphatic rings. The molecule has 0 N–H and O–H groups in total. The highest BCUT2D eigenvalue weighted by Crippen LogP contribution is 2.69. The molecule has 0 amide bonds. The van der Waals surface area contributed by atoms with E-state index in [1.807, 2.05) is 13.0 Å². The minimum Gasteiger partial charge on any atom is -0.300 e. The molecule has 138 valence electrons. The first-order chi connectivity index (χ1) is 11.6. The lowest BCUT2D eigenvalue weighted by atomic mass is 9.41. The molecule has 0 heterocycles. The average molecular weight is 343 g/mol. The Morgan fingerprint density at radius 1 is 1.04 bits per heavy atom. The SMILES string of the molecule is CC(=O)[C@H]1CC[C@H]2[C@@H]3CCC4=CC(=O)CC(C)(C)[C@@]4(C)[C@H]3CC[C@]12C. The Morgan fingerprint density at radius 3 is 2.44 bits per heavy atom. The van der Waals surface area contributed by atoms with Crippen LogP contribution in [0.15, 0.2) is 11.6 Å². The van der Waals surface area contributed by atoms with Gasteiger partial charge in [0.1, 0.15) is 5.78 Å². The van der Waals surface area contributed by atoms with E-state index in [0.717, 1.165) is 18.8 Å². The number of fused-ring (bicyclic) bond motifs is 5. The lowest BCUT2D eigenvalue weighted by Gasteiger charge is -2.62. The van der Waals surface area contributed by atoms with Crippen molar-refractivity contribution in [3.8, 4) is 0 Å². The molecule has 0 bridgehead atoms. The number of carbonyl (C=O) groups excluding carboxylic acids is 2. The third-order valence-corrected chi connectivity index (χ3v) is 9.44. The van der Waals surface area contributed by atoms with Crippen LogP contribution in [0.5, 0.6) is 0 Å². The summed E-state index contributed by atoms with van der Waals surface area (Å²) in [6.07, 6.45) is 9.75. The smallest absolute Gasteiger partial charge is 0.156 e. The van der Waals surface area contributed by atoms with Gasteiger partial charge in [-0.25, -0.2) is 0 Å². The van der Waals surface area contributed by atoms with Crippen molar-refractivity contribution >= 4 is 11.6 Å². The fraction of sp³-hybridized carbons (Fsp3) is 0.826. The number of allylic oxidation sites excluding steroid dienone is 1. The second-order valence-corrected chi connectivity index (χ2v) is 10.6. The van der Waals surface area contributed by atoms with E-state index in [4.69, 9.17) is 0 Å². The van der Waals surface area contributed by atoms with E-state index in [9.17, 15) is 9.59 Å². The van der Waals surface area contributed by atoms with Crippen LogP contribution in [-0.4, -0.2) is 11.6 Å². The molecular formula is C23H34O2. The topological polar surface area (TPSA) is 34.1 Å². The average Bonchev–Trinajstić information content (AvgIpc) is 2.85. The van der Waals surface area contributed by atoms with Gasteiger partial charge in [0.2, 0.25) is 0 Å². The summed E-state index contributed by atoms with van der Waals surface area (Å²) in [6, 6.07) is 0. The first-order valence-electron chi connectivity index (χ1n) is 10.4. The Bertz CT molecular complexity index is 657. The van der Waals surface area contributed by atoms with Crippen molar-refractivity contribution in [2.45, 2.75) is 79.6 Å². The van der Waals surface area contributed by atoms with Crippen molar-refractivity contribution in [2.75, 3.05) is 0 Å². The number of carbonyl (C=O) groups is 2. The van der Waals surface area contributed by atoms with Crippen molar-refractivity contribution in [3.63, 3.8) is 0 Å². The van der Waals surface area contributed by atoms with Gasteiger partial charge in [-0.15, -0.1) is 0 Å². The van der Waals surface area contributed by atoms with Crippen molar-refractivity contribution in [3.05, 3.63) is 11.6 Å². The molecule has 4 rings (SSSR count). The van der Waals surface area contributed by atoms with E-state index in [-0.39, 0.29) is 22.2 Å². The van der Waals surface area contributed by atoms with Crippen LogP contribution in [0.3, 0.4) is 0 Å². The molecular weight excluding hydrogens is 308 g/mol. The summed E-state index contributed by atoms with van der Waals surface area (Å²) in [7, 11) is 0. The van der Waals surface area contributed by atoms with Crippen LogP contribution in [0.2, 0.25) is 0 Å². The summed E-state index contributed by atoms with van der Waals surface area (Å²) in [4.78, 5) is 24.5. The fourth-order valence-corrected chi connectivity index (χ4v) is 7.92. The maximum absolute atomic E-state index is 12.3. The molecule has 0 unspecified atom stereocenters. The predicted octanol–water partition coefficient (Wildman–Crippen LogP) is 5.36. The number of ketones is 2. The Hall–Kier alpha value is -0.920. The molecule has 0 aromatic carbocycles. The maximum atomic E-state index is 12.3. The van der Waals surface area contributed by atoms with Crippen LogP contribution in [-0.2, 0) is 9.59 Å². The van der Waals surface area contributed by atoms with E-state index < -0.39 is 0 Å². The van der Waals surface area contributed by atoms with Crippen molar-refractivity contribution in [1.82, 2.24) is 0 Å². The quantitative estimate of drug-likeness (QED) is 0.643. The van der Waals surface area contributed by atoms with Crippen LogP contribution in [0.1, 0.15) is 79.6 Å². The molecule has 0 aromatic rings. The van der Waals surface area contributed by atoms with E-state index in [1.54, 1.807) is 0 Å². The molecule has 4 aliphatic carbocycles. The number of rotatable bonds is 1. The fourth-order valence-electron chi connectivity index (χ4n) is 7.92. The van der Waals surface area contributed by atoms with Gasteiger partial charge in [0.15, 0.2) is 5.78 Å².